The van der Waals surface area contributed by atoms with Gasteiger partial charge in [0.15, 0.2) is 0 Å². The van der Waals surface area contributed by atoms with E-state index in [-0.39, 0.29) is 17.4 Å². The van der Waals surface area contributed by atoms with Crippen molar-refractivity contribution in [3.63, 3.8) is 0 Å². The van der Waals surface area contributed by atoms with E-state index in [0.717, 1.165) is 0 Å². The van der Waals surface area contributed by atoms with Gasteiger partial charge in [0.25, 0.3) is 5.91 Å². The molecule has 3 rings (SSSR count). The number of rotatable bonds is 3. The van der Waals surface area contributed by atoms with Gasteiger partial charge < -0.3 is 15.1 Å². The van der Waals surface area contributed by atoms with Gasteiger partial charge in [0.1, 0.15) is 17.4 Å². The first-order valence-electron chi connectivity index (χ1n) is 9.85. The summed E-state index contributed by atoms with van der Waals surface area (Å²) in [6, 6.07) is 13.4. The highest BCUT2D eigenvalue weighted by Gasteiger charge is 2.25. The molecule has 0 atom stereocenters. The first-order valence-corrected chi connectivity index (χ1v) is 9.85. The van der Waals surface area contributed by atoms with E-state index in [1.165, 1.54) is 6.07 Å². The number of carbonyl (C=O) groups excluding carboxylic acids is 2. The van der Waals surface area contributed by atoms with Gasteiger partial charge in [-0.15, -0.1) is 0 Å². The lowest BCUT2D eigenvalue weighted by atomic mass is 9.95. The van der Waals surface area contributed by atoms with Gasteiger partial charge in [-0.1, -0.05) is 32.9 Å². The van der Waals surface area contributed by atoms with Crippen LogP contribution in [0.2, 0.25) is 0 Å². The van der Waals surface area contributed by atoms with E-state index in [0.29, 0.717) is 43.1 Å². The molecule has 2 aromatic rings. The first-order chi connectivity index (χ1) is 14.2. The van der Waals surface area contributed by atoms with Gasteiger partial charge in [0, 0.05) is 42.8 Å². The van der Waals surface area contributed by atoms with E-state index in [1.807, 2.05) is 31.7 Å². The summed E-state index contributed by atoms with van der Waals surface area (Å²) in [5.41, 5.74) is 1.13. The minimum atomic E-state index is -0.539. The van der Waals surface area contributed by atoms with Gasteiger partial charge in [-0.3, -0.25) is 9.59 Å². The number of hydrogen-bond donors (Lipinski definition) is 1. The van der Waals surface area contributed by atoms with Crippen LogP contribution in [0.5, 0.6) is 0 Å². The predicted molar refractivity (Wildman–Crippen MR) is 114 cm³/mol. The molecule has 2 amide bonds. The molecule has 156 valence electrons. The molecule has 30 heavy (non-hydrogen) atoms. The van der Waals surface area contributed by atoms with Gasteiger partial charge in [0.2, 0.25) is 5.91 Å². The van der Waals surface area contributed by atoms with Crippen molar-refractivity contribution in [1.29, 1.82) is 5.26 Å². The molecule has 1 aliphatic heterocycles. The summed E-state index contributed by atoms with van der Waals surface area (Å²) < 4.78 is 13.9. The summed E-state index contributed by atoms with van der Waals surface area (Å²) >= 11 is 0. The second-order valence-corrected chi connectivity index (χ2v) is 8.31. The van der Waals surface area contributed by atoms with Crippen LogP contribution in [-0.2, 0) is 4.79 Å². The zero-order chi connectivity index (χ0) is 21.9. The van der Waals surface area contributed by atoms with Crippen LogP contribution < -0.4 is 10.2 Å². The monoisotopic (exact) mass is 408 g/mol. The van der Waals surface area contributed by atoms with Crippen LogP contribution in [0.25, 0.3) is 0 Å². The van der Waals surface area contributed by atoms with Crippen LogP contribution in [0.1, 0.15) is 36.7 Å². The zero-order valence-corrected chi connectivity index (χ0v) is 17.4. The van der Waals surface area contributed by atoms with E-state index in [9.17, 15) is 19.2 Å². The Bertz CT molecular complexity index is 999. The van der Waals surface area contributed by atoms with Crippen molar-refractivity contribution in [2.24, 2.45) is 5.41 Å². The molecule has 1 fully saturated rings. The van der Waals surface area contributed by atoms with E-state index in [4.69, 9.17) is 0 Å². The van der Waals surface area contributed by atoms with Gasteiger partial charge in [-0.05, 0) is 30.3 Å². The van der Waals surface area contributed by atoms with Crippen molar-refractivity contribution >= 4 is 23.2 Å². The van der Waals surface area contributed by atoms with E-state index >= 15 is 0 Å². The first kappa shape index (κ1) is 21.3. The fourth-order valence-electron chi connectivity index (χ4n) is 3.27. The molecule has 0 aliphatic carbocycles. The van der Waals surface area contributed by atoms with Crippen molar-refractivity contribution in [1.82, 2.24) is 4.90 Å². The lowest BCUT2D eigenvalue weighted by molar-refractivity contribution is -0.123. The number of nitriles is 1. The van der Waals surface area contributed by atoms with Crippen molar-refractivity contribution in [2.45, 2.75) is 20.8 Å². The number of nitrogens with one attached hydrogen (secondary N) is 1. The number of anilines is 2. The van der Waals surface area contributed by atoms with Gasteiger partial charge in [-0.25, -0.2) is 4.39 Å². The Kier molecular flexibility index (Phi) is 6.06. The third kappa shape index (κ3) is 4.60. The highest BCUT2D eigenvalue weighted by atomic mass is 19.1. The molecule has 7 heteroatoms. The number of carbonyl (C=O) groups is 2. The Hall–Kier alpha value is -3.40. The van der Waals surface area contributed by atoms with Crippen LogP contribution in [-0.4, -0.2) is 42.9 Å². The van der Waals surface area contributed by atoms with E-state index in [1.54, 1.807) is 41.3 Å². The Labute approximate surface area is 175 Å². The Balaban J connectivity index is 1.68. The summed E-state index contributed by atoms with van der Waals surface area (Å²) in [5.74, 6) is -0.784. The molecule has 0 unspecified atom stereocenters. The standard InChI is InChI=1S/C23H25FN4O2/c1-23(2,3)22(30)26-17-7-4-6-16(14-17)21(29)28-12-10-27(11-13-28)20-9-5-8-19(24)18(20)15-25/h4-9,14H,10-13H2,1-3H3,(H,26,30). The number of halogens is 1. The Morgan fingerprint density at radius 3 is 2.37 bits per heavy atom. The molecule has 0 bridgehead atoms. The van der Waals surface area contributed by atoms with Crippen LogP contribution in [0, 0.1) is 22.6 Å². The molecule has 1 N–H and O–H groups in total. The molecule has 1 saturated heterocycles. The molecule has 6 nitrogen and oxygen atoms in total. The van der Waals surface area contributed by atoms with Crippen molar-refractivity contribution in [3.05, 3.63) is 59.4 Å². The smallest absolute Gasteiger partial charge is 0.254 e. The molecule has 1 heterocycles. The summed E-state index contributed by atoms with van der Waals surface area (Å²) in [7, 11) is 0. The molecular formula is C23H25FN4O2. The summed E-state index contributed by atoms with van der Waals surface area (Å²) in [5, 5.41) is 12.1. The molecule has 1 aliphatic rings. The number of nitrogens with zero attached hydrogens (tertiary/aromatic N) is 3. The summed E-state index contributed by atoms with van der Waals surface area (Å²) in [6.07, 6.45) is 0. The van der Waals surface area contributed by atoms with Crippen LogP contribution >= 0.6 is 0 Å². The van der Waals surface area contributed by atoms with Crippen molar-refractivity contribution in [2.75, 3.05) is 36.4 Å². The maximum Gasteiger partial charge on any atom is 0.254 e. The Morgan fingerprint density at radius 2 is 1.73 bits per heavy atom. The van der Waals surface area contributed by atoms with Gasteiger partial charge >= 0.3 is 0 Å². The van der Waals surface area contributed by atoms with Crippen molar-refractivity contribution < 1.29 is 14.0 Å². The predicted octanol–water partition coefficient (Wildman–Crippen LogP) is 3.64. The fraction of sp³-hybridized carbons (Fsp3) is 0.348. The third-order valence-electron chi connectivity index (χ3n) is 5.06. The van der Waals surface area contributed by atoms with Crippen molar-refractivity contribution in [3.8, 4) is 6.07 Å². The van der Waals surface area contributed by atoms with Gasteiger partial charge in [-0.2, -0.15) is 5.26 Å². The average Bonchev–Trinajstić information content (AvgIpc) is 2.72. The average molecular weight is 408 g/mol. The van der Waals surface area contributed by atoms with Crippen LogP contribution in [0.15, 0.2) is 42.5 Å². The molecule has 2 aromatic carbocycles. The molecule has 0 saturated carbocycles. The molecule has 0 spiro atoms. The minimum absolute atomic E-state index is 0.0274. The number of hydrogen-bond acceptors (Lipinski definition) is 4. The van der Waals surface area contributed by atoms with Crippen LogP contribution in [0.3, 0.4) is 0 Å². The SMILES string of the molecule is CC(C)(C)C(=O)Nc1cccc(C(=O)N2CCN(c3cccc(F)c3C#N)CC2)c1. The molecular weight excluding hydrogens is 383 g/mol. The lowest BCUT2D eigenvalue weighted by Gasteiger charge is -2.36. The number of amides is 2. The third-order valence-corrected chi connectivity index (χ3v) is 5.06. The topological polar surface area (TPSA) is 76.4 Å². The second-order valence-electron chi connectivity index (χ2n) is 8.31. The maximum atomic E-state index is 13.9. The fourth-order valence-corrected chi connectivity index (χ4v) is 3.27. The largest absolute Gasteiger partial charge is 0.367 e. The normalized spacial score (nSPS) is 14.2. The van der Waals surface area contributed by atoms with E-state index < -0.39 is 11.2 Å². The lowest BCUT2D eigenvalue weighted by Crippen LogP contribution is -2.49. The van der Waals surface area contributed by atoms with Gasteiger partial charge in [0.05, 0.1) is 5.69 Å². The highest BCUT2D eigenvalue weighted by molar-refractivity contribution is 5.98. The van der Waals surface area contributed by atoms with Crippen LogP contribution in [0.4, 0.5) is 15.8 Å². The van der Waals surface area contributed by atoms with E-state index in [2.05, 4.69) is 5.32 Å². The number of piperazine rings is 1. The minimum Gasteiger partial charge on any atom is -0.367 e. The quantitative estimate of drug-likeness (QED) is 0.841. The maximum absolute atomic E-state index is 13.9. The summed E-state index contributed by atoms with van der Waals surface area (Å²) in [6.45, 7) is 7.40. The highest BCUT2D eigenvalue weighted by Crippen LogP contribution is 2.24. The molecule has 0 aromatic heterocycles. The Morgan fingerprint density at radius 1 is 1.07 bits per heavy atom. The zero-order valence-electron chi connectivity index (χ0n) is 17.4. The molecule has 0 radical (unpaired) electrons. The summed E-state index contributed by atoms with van der Waals surface area (Å²) in [4.78, 5) is 28.8. The second kappa shape index (κ2) is 8.54. The number of benzene rings is 2.